The van der Waals surface area contributed by atoms with Gasteiger partial charge in [-0.1, -0.05) is 42.5 Å². The minimum Gasteiger partial charge on any atom is -0.491 e. The molecule has 2 N–H and O–H groups in total. The van der Waals surface area contributed by atoms with Crippen molar-refractivity contribution in [1.82, 2.24) is 5.32 Å². The first kappa shape index (κ1) is 22.3. The number of nitrogens with one attached hydrogen (secondary N) is 1. The van der Waals surface area contributed by atoms with Gasteiger partial charge in [0.1, 0.15) is 24.2 Å². The first-order chi connectivity index (χ1) is 14.6. The highest BCUT2D eigenvalue weighted by molar-refractivity contribution is 5.83. The van der Waals surface area contributed by atoms with Crippen LogP contribution >= 0.6 is 0 Å². The number of aliphatic hydroxyl groups excluding tert-OH is 1. The SMILES string of the molecule is O=C(CCC/C=C\C[C@H]1C(=O)CCC1/C=C/[C@@H](O)COc1ccccc1)NC1CC1. The van der Waals surface area contributed by atoms with Crippen LogP contribution in [0.1, 0.15) is 51.4 Å². The molecule has 3 rings (SSSR count). The molecule has 0 aromatic heterocycles. The van der Waals surface area contributed by atoms with E-state index in [1.807, 2.05) is 36.4 Å². The second-order valence-corrected chi connectivity index (χ2v) is 8.29. The van der Waals surface area contributed by atoms with Crippen molar-refractivity contribution >= 4 is 11.7 Å². The van der Waals surface area contributed by atoms with Crippen LogP contribution in [0, 0.1) is 11.8 Å². The van der Waals surface area contributed by atoms with Crippen LogP contribution in [-0.4, -0.2) is 35.5 Å². The van der Waals surface area contributed by atoms with E-state index in [1.165, 1.54) is 0 Å². The molecule has 1 aromatic rings. The van der Waals surface area contributed by atoms with E-state index < -0.39 is 6.10 Å². The maximum atomic E-state index is 12.2. The van der Waals surface area contributed by atoms with Crippen molar-refractivity contribution in [3.63, 3.8) is 0 Å². The highest BCUT2D eigenvalue weighted by Crippen LogP contribution is 2.33. The summed E-state index contributed by atoms with van der Waals surface area (Å²) in [5, 5.41) is 13.2. The average molecular weight is 412 g/mol. The van der Waals surface area contributed by atoms with Crippen LogP contribution in [0.4, 0.5) is 0 Å². The van der Waals surface area contributed by atoms with Crippen molar-refractivity contribution in [2.24, 2.45) is 11.8 Å². The topological polar surface area (TPSA) is 75.6 Å². The highest BCUT2D eigenvalue weighted by atomic mass is 16.5. The van der Waals surface area contributed by atoms with Crippen molar-refractivity contribution in [2.75, 3.05) is 6.61 Å². The monoisotopic (exact) mass is 411 g/mol. The lowest BCUT2D eigenvalue weighted by molar-refractivity contribution is -0.121. The number of rotatable bonds is 12. The Kier molecular flexibility index (Phi) is 8.69. The van der Waals surface area contributed by atoms with Crippen molar-refractivity contribution in [3.05, 3.63) is 54.6 Å². The zero-order valence-corrected chi connectivity index (χ0v) is 17.5. The molecule has 0 radical (unpaired) electrons. The quantitative estimate of drug-likeness (QED) is 0.403. The first-order valence-electron chi connectivity index (χ1n) is 11.1. The number of para-hydroxylation sites is 1. The molecule has 5 nitrogen and oxygen atoms in total. The third-order valence-electron chi connectivity index (χ3n) is 5.67. The number of aliphatic hydroxyl groups is 1. The van der Waals surface area contributed by atoms with Gasteiger partial charge in [0.15, 0.2) is 0 Å². The second-order valence-electron chi connectivity index (χ2n) is 8.29. The Hall–Kier alpha value is -2.40. The van der Waals surface area contributed by atoms with Gasteiger partial charge in [-0.05, 0) is 56.6 Å². The average Bonchev–Trinajstić information content (AvgIpc) is 3.50. The lowest BCUT2D eigenvalue weighted by Crippen LogP contribution is -2.24. The molecular weight excluding hydrogens is 378 g/mol. The Labute approximate surface area is 179 Å². The maximum absolute atomic E-state index is 12.2. The number of ether oxygens (including phenoxy) is 1. The molecule has 2 saturated carbocycles. The molecular formula is C25H33NO4. The largest absolute Gasteiger partial charge is 0.491 e. The Morgan fingerprint density at radius 3 is 2.77 bits per heavy atom. The number of allylic oxidation sites excluding steroid dienone is 3. The van der Waals surface area contributed by atoms with Gasteiger partial charge in [-0.3, -0.25) is 9.59 Å². The molecule has 2 aliphatic rings. The fraction of sp³-hybridized carbons (Fsp3) is 0.520. The van der Waals surface area contributed by atoms with E-state index in [-0.39, 0.29) is 24.3 Å². The number of Topliss-reactive ketones (excluding diaryl/α,β-unsaturated/α-hetero) is 1. The van der Waals surface area contributed by atoms with Gasteiger partial charge >= 0.3 is 0 Å². The summed E-state index contributed by atoms with van der Waals surface area (Å²) in [6.45, 7) is 0.195. The van der Waals surface area contributed by atoms with Crippen LogP contribution in [0.25, 0.3) is 0 Å². The van der Waals surface area contributed by atoms with Crippen LogP contribution < -0.4 is 10.1 Å². The van der Waals surface area contributed by atoms with Gasteiger partial charge in [0.05, 0.1) is 0 Å². The molecule has 0 aliphatic heterocycles. The second kappa shape index (κ2) is 11.7. The fourth-order valence-corrected chi connectivity index (χ4v) is 3.76. The molecule has 5 heteroatoms. The molecule has 2 aliphatic carbocycles. The minimum atomic E-state index is -0.695. The summed E-state index contributed by atoms with van der Waals surface area (Å²) >= 11 is 0. The van der Waals surface area contributed by atoms with Crippen LogP contribution in [0.3, 0.4) is 0 Å². The Morgan fingerprint density at radius 1 is 1.20 bits per heavy atom. The van der Waals surface area contributed by atoms with E-state index in [0.29, 0.717) is 24.7 Å². The lowest BCUT2D eigenvalue weighted by atomic mass is 9.91. The van der Waals surface area contributed by atoms with Crippen molar-refractivity contribution in [2.45, 2.75) is 63.5 Å². The summed E-state index contributed by atoms with van der Waals surface area (Å²) in [6, 6.07) is 9.84. The zero-order valence-electron chi connectivity index (χ0n) is 17.5. The standard InChI is InChI=1S/C25H33NO4/c27-21(18-30-22-8-4-3-5-9-22)16-12-19-13-17-24(28)23(19)10-6-1-2-7-11-25(29)26-20-14-15-20/h1,3-6,8-9,12,16,19-21,23,27H,2,7,10-11,13-15,17-18H2,(H,26,29)/b6-1-,16-12+/t19?,21-,23-/m1/s1. The molecule has 30 heavy (non-hydrogen) atoms. The number of amides is 1. The maximum Gasteiger partial charge on any atom is 0.220 e. The summed E-state index contributed by atoms with van der Waals surface area (Å²) in [4.78, 5) is 23.9. The fourth-order valence-electron chi connectivity index (χ4n) is 3.76. The van der Waals surface area contributed by atoms with Crippen molar-refractivity contribution < 1.29 is 19.4 Å². The third kappa shape index (κ3) is 7.79. The molecule has 2 fully saturated rings. The van der Waals surface area contributed by atoms with Crippen LogP contribution in [0.2, 0.25) is 0 Å². The number of benzene rings is 1. The highest BCUT2D eigenvalue weighted by Gasteiger charge is 2.31. The van der Waals surface area contributed by atoms with Gasteiger partial charge in [-0.25, -0.2) is 0 Å². The summed E-state index contributed by atoms with van der Waals surface area (Å²) < 4.78 is 5.57. The lowest BCUT2D eigenvalue weighted by Gasteiger charge is -2.14. The van der Waals surface area contributed by atoms with Crippen LogP contribution in [0.5, 0.6) is 5.75 Å². The van der Waals surface area contributed by atoms with E-state index in [9.17, 15) is 14.7 Å². The number of unbranched alkanes of at least 4 members (excludes halogenated alkanes) is 1. The summed E-state index contributed by atoms with van der Waals surface area (Å²) in [5.41, 5.74) is 0. The van der Waals surface area contributed by atoms with Crippen molar-refractivity contribution in [1.29, 1.82) is 0 Å². The molecule has 0 spiro atoms. The summed E-state index contributed by atoms with van der Waals surface area (Å²) in [5.74, 6) is 1.33. The molecule has 3 atom stereocenters. The number of carbonyl (C=O) groups excluding carboxylic acids is 2. The molecule has 0 bridgehead atoms. The van der Waals surface area contributed by atoms with Gasteiger partial charge in [0.25, 0.3) is 0 Å². The van der Waals surface area contributed by atoms with E-state index in [1.54, 1.807) is 6.08 Å². The van der Waals surface area contributed by atoms with E-state index in [4.69, 9.17) is 4.74 Å². The molecule has 1 amide bonds. The summed E-state index contributed by atoms with van der Waals surface area (Å²) in [6.07, 6.45) is 13.8. The molecule has 0 saturated heterocycles. The molecule has 1 aromatic carbocycles. The van der Waals surface area contributed by atoms with Gasteiger partial charge in [0, 0.05) is 24.8 Å². The predicted octanol–water partition coefficient (Wildman–Crippen LogP) is 3.97. The van der Waals surface area contributed by atoms with Crippen LogP contribution in [-0.2, 0) is 9.59 Å². The predicted molar refractivity (Wildman–Crippen MR) is 117 cm³/mol. The van der Waals surface area contributed by atoms with Crippen LogP contribution in [0.15, 0.2) is 54.6 Å². The van der Waals surface area contributed by atoms with Gasteiger partial charge < -0.3 is 15.2 Å². The van der Waals surface area contributed by atoms with E-state index in [2.05, 4.69) is 17.5 Å². The Balaban J connectivity index is 1.35. The third-order valence-corrected chi connectivity index (χ3v) is 5.67. The molecule has 162 valence electrons. The van der Waals surface area contributed by atoms with Gasteiger partial charge in [-0.2, -0.15) is 0 Å². The summed E-state index contributed by atoms with van der Waals surface area (Å²) in [7, 11) is 0. The first-order valence-corrected chi connectivity index (χ1v) is 11.1. The van der Waals surface area contributed by atoms with E-state index >= 15 is 0 Å². The molecule has 1 unspecified atom stereocenters. The Bertz CT molecular complexity index is 739. The Morgan fingerprint density at radius 2 is 2.00 bits per heavy atom. The normalized spacial score (nSPS) is 22.6. The number of hydrogen-bond acceptors (Lipinski definition) is 4. The van der Waals surface area contributed by atoms with Crippen molar-refractivity contribution in [3.8, 4) is 5.75 Å². The van der Waals surface area contributed by atoms with E-state index in [0.717, 1.165) is 44.3 Å². The number of carbonyl (C=O) groups is 2. The molecule has 0 heterocycles. The van der Waals surface area contributed by atoms with Gasteiger partial charge in [0.2, 0.25) is 5.91 Å². The number of ketones is 1. The smallest absolute Gasteiger partial charge is 0.220 e. The number of hydrogen-bond donors (Lipinski definition) is 2. The minimum absolute atomic E-state index is 0.0158. The van der Waals surface area contributed by atoms with Gasteiger partial charge in [-0.15, -0.1) is 0 Å². The zero-order chi connectivity index (χ0) is 21.2.